The van der Waals surface area contributed by atoms with Gasteiger partial charge < -0.3 is 13.9 Å². The first-order valence-electron chi connectivity index (χ1n) is 14.0. The Bertz CT molecular complexity index is 1970. The van der Waals surface area contributed by atoms with Gasteiger partial charge in [0.15, 0.2) is 0 Å². The summed E-state index contributed by atoms with van der Waals surface area (Å²) in [5.41, 5.74) is 0.787. The first kappa shape index (κ1) is 24.2. The number of para-hydroxylation sites is 1. The normalized spacial score (nSPS) is 26.8. The molecule has 4 aromatic carbocycles. The number of furan rings is 1. The highest BCUT2D eigenvalue weighted by Gasteiger charge is 2.74. The van der Waals surface area contributed by atoms with Crippen LogP contribution in [0.1, 0.15) is 31.7 Å². The van der Waals surface area contributed by atoms with E-state index in [-0.39, 0.29) is 11.8 Å². The number of carbonyl (C=O) groups excluding carboxylic acids is 2. The van der Waals surface area contributed by atoms with Gasteiger partial charge in [-0.05, 0) is 55.5 Å². The second-order valence-electron chi connectivity index (χ2n) is 11.6. The fourth-order valence-corrected chi connectivity index (χ4v) is 7.55. The fraction of sp³-hybridized carbons (Fsp3) is 0.265. The summed E-state index contributed by atoms with van der Waals surface area (Å²) >= 11 is 0. The lowest BCUT2D eigenvalue weighted by Gasteiger charge is -2.31. The van der Waals surface area contributed by atoms with Gasteiger partial charge >= 0.3 is 0 Å². The lowest BCUT2D eigenvalue weighted by atomic mass is 9.67. The monoisotopic (exact) mass is 542 g/mol. The summed E-state index contributed by atoms with van der Waals surface area (Å²) in [5.74, 6) is -1.07. The Balaban J connectivity index is 1.09. The average molecular weight is 543 g/mol. The number of anilines is 1. The van der Waals surface area contributed by atoms with Crippen LogP contribution in [0.15, 0.2) is 83.3 Å². The van der Waals surface area contributed by atoms with E-state index in [1.165, 1.54) is 4.90 Å². The number of benzene rings is 4. The van der Waals surface area contributed by atoms with Crippen LogP contribution in [0.4, 0.5) is 5.69 Å². The number of rotatable bonds is 5. The molecule has 4 unspecified atom stereocenters. The molecule has 2 amide bonds. The highest BCUT2D eigenvalue weighted by Crippen LogP contribution is 2.62. The Morgan fingerprint density at radius 2 is 1.66 bits per heavy atom. The van der Waals surface area contributed by atoms with Crippen molar-refractivity contribution in [2.24, 2.45) is 11.8 Å². The number of ether oxygens (including phenoxy) is 2. The van der Waals surface area contributed by atoms with Crippen LogP contribution in [-0.4, -0.2) is 29.6 Å². The number of nitrogens with zero attached hydrogens (tertiary/aromatic N) is 2. The average Bonchev–Trinajstić information content (AvgIpc) is 3.68. The molecule has 5 aromatic rings. The predicted octanol–water partition coefficient (Wildman–Crippen LogP) is 6.51. The van der Waals surface area contributed by atoms with Gasteiger partial charge in [0.25, 0.3) is 0 Å². The van der Waals surface area contributed by atoms with Crippen LogP contribution in [0, 0.1) is 23.2 Å². The number of nitriles is 1. The molecule has 3 aliphatic heterocycles. The molecule has 1 aromatic heterocycles. The molecule has 202 valence electrons. The van der Waals surface area contributed by atoms with E-state index in [2.05, 4.69) is 6.07 Å². The molecule has 41 heavy (non-hydrogen) atoms. The summed E-state index contributed by atoms with van der Waals surface area (Å²) < 4.78 is 18.7. The predicted molar refractivity (Wildman–Crippen MR) is 153 cm³/mol. The van der Waals surface area contributed by atoms with Crippen molar-refractivity contribution in [1.82, 2.24) is 0 Å². The summed E-state index contributed by atoms with van der Waals surface area (Å²) in [4.78, 5) is 29.2. The van der Waals surface area contributed by atoms with Gasteiger partial charge in [-0.1, -0.05) is 48.5 Å². The SMILES string of the molecule is CC12CCC(CCOc3ccc4oc5ccccc5c4c3)(O1)C1C(=O)N(c3ccc4ccccc4c3C#N)C(=O)C12. The molecule has 4 atom stereocenters. The first-order chi connectivity index (χ1) is 19.9. The van der Waals surface area contributed by atoms with E-state index < -0.39 is 23.0 Å². The molecular formula is C34H26N2O5. The van der Waals surface area contributed by atoms with Crippen molar-refractivity contribution in [2.45, 2.75) is 37.4 Å². The molecule has 2 bridgehead atoms. The molecule has 8 rings (SSSR count). The van der Waals surface area contributed by atoms with Gasteiger partial charge in [0, 0.05) is 22.6 Å². The van der Waals surface area contributed by atoms with E-state index in [4.69, 9.17) is 13.9 Å². The maximum absolute atomic E-state index is 14.1. The molecule has 7 heteroatoms. The van der Waals surface area contributed by atoms with Crippen molar-refractivity contribution in [3.8, 4) is 11.8 Å². The second-order valence-corrected chi connectivity index (χ2v) is 11.6. The van der Waals surface area contributed by atoms with Gasteiger partial charge in [0.2, 0.25) is 11.8 Å². The van der Waals surface area contributed by atoms with Crippen molar-refractivity contribution in [3.05, 3.63) is 84.4 Å². The molecule has 4 heterocycles. The maximum Gasteiger partial charge on any atom is 0.240 e. The van der Waals surface area contributed by atoms with Gasteiger partial charge in [-0.25, -0.2) is 4.90 Å². The highest BCUT2D eigenvalue weighted by molar-refractivity contribution is 6.24. The number of hydrogen-bond acceptors (Lipinski definition) is 6. The molecule has 0 aliphatic carbocycles. The zero-order chi connectivity index (χ0) is 27.9. The molecule has 0 radical (unpaired) electrons. The Hall–Kier alpha value is -4.67. The van der Waals surface area contributed by atoms with Gasteiger partial charge in [-0.2, -0.15) is 5.26 Å². The van der Waals surface area contributed by atoms with Gasteiger partial charge in [-0.15, -0.1) is 0 Å². The number of fused-ring (bicyclic) bond motifs is 9. The summed E-state index contributed by atoms with van der Waals surface area (Å²) in [6.07, 6.45) is 1.84. The van der Waals surface area contributed by atoms with E-state index in [0.29, 0.717) is 42.9 Å². The molecule has 0 N–H and O–H groups in total. The first-order valence-corrected chi connectivity index (χ1v) is 14.0. The number of carbonyl (C=O) groups is 2. The Kier molecular flexibility index (Phi) is 4.96. The van der Waals surface area contributed by atoms with E-state index >= 15 is 0 Å². The molecular weight excluding hydrogens is 516 g/mol. The van der Waals surface area contributed by atoms with Crippen LogP contribution in [0.2, 0.25) is 0 Å². The standard InChI is InChI=1S/C34H26N2O5/c1-33-14-15-34(41-33,16-17-39-21-11-13-28-24(18-21)23-8-4-5-9-27(23)40-28)30-29(33)31(37)36(32(30)38)26-12-10-20-6-2-3-7-22(20)25(26)19-35/h2-13,18,29-30H,14-17H2,1H3. The van der Waals surface area contributed by atoms with E-state index in [9.17, 15) is 14.9 Å². The summed E-state index contributed by atoms with van der Waals surface area (Å²) in [6.45, 7) is 2.28. The summed E-state index contributed by atoms with van der Waals surface area (Å²) in [6, 6.07) is 27.0. The topological polar surface area (TPSA) is 92.8 Å². The van der Waals surface area contributed by atoms with E-state index in [1.807, 2.05) is 79.7 Å². The minimum absolute atomic E-state index is 0.283. The van der Waals surface area contributed by atoms with Crippen molar-refractivity contribution < 1.29 is 23.5 Å². The van der Waals surface area contributed by atoms with Gasteiger partial charge in [0.1, 0.15) is 23.0 Å². The van der Waals surface area contributed by atoms with Crippen LogP contribution in [0.5, 0.6) is 5.75 Å². The number of imide groups is 1. The molecule has 3 saturated heterocycles. The lowest BCUT2D eigenvalue weighted by Crippen LogP contribution is -2.43. The Morgan fingerprint density at radius 3 is 2.51 bits per heavy atom. The fourth-order valence-electron chi connectivity index (χ4n) is 7.55. The Labute approximate surface area is 235 Å². The third-order valence-corrected chi connectivity index (χ3v) is 9.41. The molecule has 3 aliphatic rings. The van der Waals surface area contributed by atoms with Crippen molar-refractivity contribution in [1.29, 1.82) is 5.26 Å². The molecule has 7 nitrogen and oxygen atoms in total. The molecule has 0 saturated carbocycles. The van der Waals surface area contributed by atoms with Crippen molar-refractivity contribution >= 4 is 50.2 Å². The minimum Gasteiger partial charge on any atom is -0.493 e. The van der Waals surface area contributed by atoms with E-state index in [1.54, 1.807) is 6.07 Å². The third kappa shape index (κ3) is 3.28. The van der Waals surface area contributed by atoms with Crippen LogP contribution >= 0.6 is 0 Å². The summed E-state index contributed by atoms with van der Waals surface area (Å²) in [7, 11) is 0. The number of amides is 2. The van der Waals surface area contributed by atoms with Crippen molar-refractivity contribution in [2.75, 3.05) is 11.5 Å². The smallest absolute Gasteiger partial charge is 0.240 e. The third-order valence-electron chi connectivity index (χ3n) is 9.41. The van der Waals surface area contributed by atoms with Gasteiger partial charge in [0.05, 0.1) is 40.9 Å². The zero-order valence-corrected chi connectivity index (χ0v) is 22.4. The van der Waals surface area contributed by atoms with Crippen molar-refractivity contribution in [3.63, 3.8) is 0 Å². The maximum atomic E-state index is 14.1. The molecule has 3 fully saturated rings. The quantitative estimate of drug-likeness (QED) is 0.235. The largest absolute Gasteiger partial charge is 0.493 e. The highest BCUT2D eigenvalue weighted by atomic mass is 16.5. The minimum atomic E-state index is -0.795. The van der Waals surface area contributed by atoms with Gasteiger partial charge in [-0.3, -0.25) is 9.59 Å². The number of hydrogen-bond donors (Lipinski definition) is 0. The summed E-state index contributed by atoms with van der Waals surface area (Å²) in [5, 5.41) is 13.7. The second kappa shape index (κ2) is 8.42. The Morgan fingerprint density at radius 1 is 0.902 bits per heavy atom. The van der Waals surface area contributed by atoms with Crippen LogP contribution < -0.4 is 9.64 Å². The van der Waals surface area contributed by atoms with Crippen LogP contribution in [0.25, 0.3) is 32.7 Å². The van der Waals surface area contributed by atoms with Crippen LogP contribution in [0.3, 0.4) is 0 Å². The zero-order valence-electron chi connectivity index (χ0n) is 22.4. The van der Waals surface area contributed by atoms with E-state index in [0.717, 1.165) is 32.7 Å². The lowest BCUT2D eigenvalue weighted by molar-refractivity contribution is -0.131. The van der Waals surface area contributed by atoms with Crippen LogP contribution in [-0.2, 0) is 14.3 Å². The molecule has 0 spiro atoms.